The van der Waals surface area contributed by atoms with E-state index in [1.54, 1.807) is 12.1 Å². The maximum absolute atomic E-state index is 9.04. The van der Waals surface area contributed by atoms with Gasteiger partial charge in [0.05, 0.1) is 27.7 Å². The molecule has 2 aliphatic heterocycles. The summed E-state index contributed by atoms with van der Waals surface area (Å²) in [6, 6.07) is 32.4. The lowest BCUT2D eigenvalue weighted by atomic mass is 9.34. The molecule has 0 atom stereocenters. The first kappa shape index (κ1) is 18.7. The Bertz CT molecular complexity index is 2740. The number of nitrogens with zero attached hydrogens (tertiary/aromatic N) is 1. The van der Waals surface area contributed by atoms with Gasteiger partial charge >= 0.3 is 0 Å². The number of aromatic nitrogens is 1. The average molecular weight is 596 g/mol. The highest BCUT2D eigenvalue weighted by Crippen LogP contribution is 2.40. The third-order valence-electron chi connectivity index (χ3n) is 8.97. The van der Waals surface area contributed by atoms with Crippen LogP contribution in [-0.2, 0) is 0 Å². The highest BCUT2D eigenvalue weighted by molar-refractivity contribution is 6.98. The molecule has 4 heteroatoms. The van der Waals surface area contributed by atoms with Crippen LogP contribution in [0.25, 0.3) is 49.7 Å². The van der Waals surface area contributed by atoms with Crippen LogP contribution in [0.1, 0.15) is 11.0 Å². The molecule has 0 bridgehead atoms. The van der Waals surface area contributed by atoms with Crippen molar-refractivity contribution in [2.75, 3.05) is 0 Å². The lowest BCUT2D eigenvalue weighted by Crippen LogP contribution is -2.57. The summed E-state index contributed by atoms with van der Waals surface area (Å²) in [5.41, 5.74) is 7.07. The first-order valence-electron chi connectivity index (χ1n) is 19.1. The lowest BCUT2D eigenvalue weighted by molar-refractivity contribution is 0.464. The van der Waals surface area contributed by atoms with Gasteiger partial charge in [0.25, 0.3) is 6.71 Å². The van der Waals surface area contributed by atoms with Crippen LogP contribution in [-0.4, -0.2) is 11.3 Å². The number of ether oxygens (including phenoxy) is 2. The van der Waals surface area contributed by atoms with Gasteiger partial charge in [-0.1, -0.05) is 121 Å². The molecule has 0 saturated carbocycles. The zero-order valence-electron chi connectivity index (χ0n) is 32.2. The van der Waals surface area contributed by atoms with E-state index in [9.17, 15) is 0 Å². The molecule has 0 amide bonds. The molecule has 0 N–H and O–H groups in total. The molecule has 0 radical (unpaired) electrons. The van der Waals surface area contributed by atoms with Gasteiger partial charge in [-0.2, -0.15) is 0 Å². The van der Waals surface area contributed by atoms with E-state index in [1.807, 2.05) is 72.8 Å². The van der Waals surface area contributed by atoms with Crippen molar-refractivity contribution >= 4 is 44.9 Å². The van der Waals surface area contributed by atoms with Crippen molar-refractivity contribution in [3.8, 4) is 50.9 Å². The Morgan fingerprint density at radius 1 is 0.478 bits per heavy atom. The van der Waals surface area contributed by atoms with Gasteiger partial charge in [-0.15, -0.1) is 0 Å². The molecular formula is C42H26BNO2. The van der Waals surface area contributed by atoms with E-state index >= 15 is 0 Å². The highest BCUT2D eigenvalue weighted by Gasteiger charge is 2.41. The minimum absolute atomic E-state index is 0.00442. The molecule has 0 spiro atoms. The predicted octanol–water partition coefficient (Wildman–Crippen LogP) is 8.85. The fourth-order valence-electron chi connectivity index (χ4n) is 6.91. The summed E-state index contributed by atoms with van der Waals surface area (Å²) in [5, 5.41) is 0.00884. The summed E-state index contributed by atoms with van der Waals surface area (Å²) >= 11 is 0. The molecule has 7 aromatic carbocycles. The number of benzene rings is 7. The van der Waals surface area contributed by atoms with Crippen molar-refractivity contribution < 1.29 is 20.4 Å². The molecule has 8 aromatic rings. The Morgan fingerprint density at radius 2 is 0.957 bits per heavy atom. The Hall–Kier alpha value is -6.00. The van der Waals surface area contributed by atoms with Gasteiger partial charge in [-0.25, -0.2) is 0 Å². The van der Waals surface area contributed by atoms with Gasteiger partial charge in [-0.3, -0.25) is 0 Å². The van der Waals surface area contributed by atoms with E-state index in [0.29, 0.717) is 28.7 Å². The summed E-state index contributed by atoms with van der Waals surface area (Å²) in [5.74, 6) is 2.20. The molecule has 10 rings (SSSR count). The monoisotopic (exact) mass is 595 g/mol. The second-order valence-electron chi connectivity index (χ2n) is 11.5. The van der Waals surface area contributed by atoms with Crippen molar-refractivity contribution in [3.05, 3.63) is 158 Å². The number of para-hydroxylation sites is 2. The second kappa shape index (κ2) is 9.75. The van der Waals surface area contributed by atoms with Crippen molar-refractivity contribution in [3.63, 3.8) is 0 Å². The highest BCUT2D eigenvalue weighted by atomic mass is 16.5. The third kappa shape index (κ3) is 3.74. The fraction of sp³-hybridized carbons (Fsp3) is 0. The first-order valence-corrected chi connectivity index (χ1v) is 15.1. The lowest BCUT2D eigenvalue weighted by Gasteiger charge is -2.34. The van der Waals surface area contributed by atoms with Gasteiger partial charge in [0, 0.05) is 28.4 Å². The van der Waals surface area contributed by atoms with Crippen LogP contribution in [0.5, 0.6) is 23.0 Å². The molecule has 0 saturated heterocycles. The van der Waals surface area contributed by atoms with Crippen LogP contribution in [0.4, 0.5) is 0 Å². The van der Waals surface area contributed by atoms with Crippen molar-refractivity contribution in [2.45, 2.75) is 0 Å². The zero-order chi connectivity index (χ0) is 37.2. The van der Waals surface area contributed by atoms with Crippen LogP contribution in [0, 0.1) is 0 Å². The standard InChI is InChI=1S/C42H26BNO2/c1-3-11-27(12-4-1)29-19-21-34-38(23-29)45-40-25-31(44-36-17-9-7-15-32(36)33-16-8-10-18-37(33)44)26-41-42(40)43(34)35-22-20-30(24-39(35)46-41)28-13-5-2-6-14-28/h1-26H/i7D,8D,9D,10D,15D,16D,17D,18D. The Morgan fingerprint density at radius 3 is 1.46 bits per heavy atom. The summed E-state index contributed by atoms with van der Waals surface area (Å²) in [6.45, 7) is -0.279. The number of fused-ring (bicyclic) bond motifs is 7. The third-order valence-corrected chi connectivity index (χ3v) is 8.97. The van der Waals surface area contributed by atoms with E-state index < -0.39 is 36.3 Å². The van der Waals surface area contributed by atoms with Crippen molar-refractivity contribution in [1.82, 2.24) is 4.57 Å². The van der Waals surface area contributed by atoms with Crippen LogP contribution in [0.2, 0.25) is 0 Å². The van der Waals surface area contributed by atoms with Crippen LogP contribution in [0.3, 0.4) is 0 Å². The quantitative estimate of drug-likeness (QED) is 0.191. The molecule has 3 nitrogen and oxygen atoms in total. The summed E-state index contributed by atoms with van der Waals surface area (Å²) in [7, 11) is 0. The van der Waals surface area contributed by atoms with E-state index in [1.165, 1.54) is 4.57 Å². The predicted molar refractivity (Wildman–Crippen MR) is 189 cm³/mol. The molecule has 1 aromatic heterocycles. The zero-order valence-corrected chi connectivity index (χ0v) is 24.2. The molecular weight excluding hydrogens is 561 g/mol. The normalized spacial score (nSPS) is 15.1. The molecule has 2 aliphatic rings. The van der Waals surface area contributed by atoms with Crippen LogP contribution in [0.15, 0.2) is 158 Å². The van der Waals surface area contributed by atoms with Crippen molar-refractivity contribution in [2.24, 2.45) is 0 Å². The Kier molecular flexibility index (Phi) is 3.97. The smallest absolute Gasteiger partial charge is 0.260 e. The number of rotatable bonds is 3. The molecule has 3 heterocycles. The van der Waals surface area contributed by atoms with Gasteiger partial charge in [0.15, 0.2) is 0 Å². The van der Waals surface area contributed by atoms with Crippen molar-refractivity contribution in [1.29, 1.82) is 0 Å². The number of hydrogen-bond donors (Lipinski definition) is 0. The second-order valence-corrected chi connectivity index (χ2v) is 11.5. The maximum Gasteiger partial charge on any atom is 0.260 e. The Labute approximate surface area is 278 Å². The number of hydrogen-bond acceptors (Lipinski definition) is 2. The fourth-order valence-corrected chi connectivity index (χ4v) is 6.91. The summed E-state index contributed by atoms with van der Waals surface area (Å²) < 4.78 is 84.9. The van der Waals surface area contributed by atoms with E-state index in [0.717, 1.165) is 38.6 Å². The summed E-state index contributed by atoms with van der Waals surface area (Å²) in [4.78, 5) is 0. The Balaban J connectivity index is 1.28. The molecule has 46 heavy (non-hydrogen) atoms. The molecule has 0 aliphatic carbocycles. The summed E-state index contributed by atoms with van der Waals surface area (Å²) in [6.07, 6.45) is 0. The van der Waals surface area contributed by atoms with E-state index in [2.05, 4.69) is 24.3 Å². The van der Waals surface area contributed by atoms with Gasteiger partial charge in [0.2, 0.25) is 0 Å². The van der Waals surface area contributed by atoms with E-state index in [4.69, 9.17) is 20.4 Å². The van der Waals surface area contributed by atoms with Gasteiger partial charge in [0.1, 0.15) is 23.0 Å². The first-order chi connectivity index (χ1) is 26.1. The van der Waals surface area contributed by atoms with E-state index in [-0.39, 0.29) is 40.6 Å². The molecule has 214 valence electrons. The minimum Gasteiger partial charge on any atom is -0.458 e. The SMILES string of the molecule is [2H]c1c([2H])c([2H])c2c(c1[2H])c1c([2H])c([2H])c([2H])c([2H])c1n2-c1cc2c3c(c1)Oc1cc(-c4ccccc4)ccc1B3c1ccc(-c3ccccc3)cc1O2. The molecule has 0 fully saturated rings. The topological polar surface area (TPSA) is 23.4 Å². The minimum atomic E-state index is -0.495. The van der Waals surface area contributed by atoms with Crippen LogP contribution >= 0.6 is 0 Å². The molecule has 0 unspecified atom stereocenters. The maximum atomic E-state index is 9.04. The largest absolute Gasteiger partial charge is 0.458 e. The van der Waals surface area contributed by atoms with Crippen LogP contribution < -0.4 is 25.9 Å². The average Bonchev–Trinajstić information content (AvgIpc) is 3.57. The van der Waals surface area contributed by atoms with Gasteiger partial charge in [-0.05, 0) is 57.4 Å². The van der Waals surface area contributed by atoms with Gasteiger partial charge < -0.3 is 14.0 Å².